The summed E-state index contributed by atoms with van der Waals surface area (Å²) in [4.78, 5) is 20.6. The van der Waals surface area contributed by atoms with Crippen LogP contribution in [0.1, 0.15) is 59.4 Å². The smallest absolute Gasteiger partial charge is 0.259 e. The lowest BCUT2D eigenvalue weighted by molar-refractivity contribution is 0.0712. The first kappa shape index (κ1) is 20.3. The van der Waals surface area contributed by atoms with Crippen LogP contribution in [0.15, 0.2) is 65.3 Å². The van der Waals surface area contributed by atoms with E-state index in [0.29, 0.717) is 41.4 Å². The molecule has 35 heavy (non-hydrogen) atoms. The standard InChI is InChI=1S/C27H24N6O2/c34-27(32-14-11-19(12-15-32)25-30-29-22-8-4-5-13-33(22)25)20-16-21(17-9-10-17)28-26-23(20)24(31-35-26)18-6-2-1-3-7-18/h1-8,13,16-17,19H,9-12,14-15H2. The van der Waals surface area contributed by atoms with Gasteiger partial charge in [0.25, 0.3) is 11.6 Å². The van der Waals surface area contributed by atoms with E-state index in [1.807, 2.05) is 65.7 Å². The summed E-state index contributed by atoms with van der Waals surface area (Å²) in [6.07, 6.45) is 5.90. The Morgan fingerprint density at radius 1 is 0.914 bits per heavy atom. The number of nitrogens with zero attached hydrogens (tertiary/aromatic N) is 6. The lowest BCUT2D eigenvalue weighted by Crippen LogP contribution is -2.38. The Balaban J connectivity index is 1.21. The minimum absolute atomic E-state index is 0.0178. The Kier molecular flexibility index (Phi) is 4.65. The van der Waals surface area contributed by atoms with Crippen molar-refractivity contribution in [3.63, 3.8) is 0 Å². The summed E-state index contributed by atoms with van der Waals surface area (Å²) >= 11 is 0. The zero-order valence-corrected chi connectivity index (χ0v) is 19.2. The maximum Gasteiger partial charge on any atom is 0.259 e. The van der Waals surface area contributed by atoms with Gasteiger partial charge in [0.1, 0.15) is 11.5 Å². The predicted molar refractivity (Wildman–Crippen MR) is 130 cm³/mol. The zero-order chi connectivity index (χ0) is 23.4. The summed E-state index contributed by atoms with van der Waals surface area (Å²) in [5.74, 6) is 1.67. The van der Waals surface area contributed by atoms with Crippen molar-refractivity contribution < 1.29 is 9.32 Å². The highest BCUT2D eigenvalue weighted by Crippen LogP contribution is 2.42. The minimum Gasteiger partial charge on any atom is -0.339 e. The van der Waals surface area contributed by atoms with Crippen molar-refractivity contribution in [2.75, 3.05) is 13.1 Å². The third-order valence-corrected chi connectivity index (χ3v) is 7.23. The van der Waals surface area contributed by atoms with Crippen molar-refractivity contribution in [1.29, 1.82) is 0 Å². The maximum absolute atomic E-state index is 13.9. The summed E-state index contributed by atoms with van der Waals surface area (Å²) in [6.45, 7) is 1.33. The average Bonchev–Trinajstić information content (AvgIpc) is 3.54. The lowest BCUT2D eigenvalue weighted by atomic mass is 9.95. The van der Waals surface area contributed by atoms with Crippen LogP contribution in [0, 0.1) is 0 Å². The average molecular weight is 465 g/mol. The van der Waals surface area contributed by atoms with Crippen LogP contribution in [0.3, 0.4) is 0 Å². The normalized spacial score (nSPS) is 16.9. The van der Waals surface area contributed by atoms with Crippen molar-refractivity contribution in [3.05, 3.63) is 77.9 Å². The second-order valence-electron chi connectivity index (χ2n) is 9.50. The first-order chi connectivity index (χ1) is 17.3. The fourth-order valence-electron chi connectivity index (χ4n) is 5.17. The molecular weight excluding hydrogens is 440 g/mol. The van der Waals surface area contributed by atoms with Gasteiger partial charge in [-0.15, -0.1) is 10.2 Å². The molecule has 0 atom stereocenters. The van der Waals surface area contributed by atoms with E-state index in [2.05, 4.69) is 19.8 Å². The number of amides is 1. The Labute approximate surface area is 201 Å². The van der Waals surface area contributed by atoms with E-state index >= 15 is 0 Å². The molecular formula is C27H24N6O2. The van der Waals surface area contributed by atoms with E-state index in [0.717, 1.165) is 48.4 Å². The Bertz CT molecular complexity index is 1540. The van der Waals surface area contributed by atoms with Crippen molar-refractivity contribution in [1.82, 2.24) is 29.6 Å². The number of fused-ring (bicyclic) bond motifs is 2. The Morgan fingerprint density at radius 3 is 2.51 bits per heavy atom. The number of pyridine rings is 2. The van der Waals surface area contributed by atoms with Gasteiger partial charge < -0.3 is 9.42 Å². The van der Waals surface area contributed by atoms with E-state index in [9.17, 15) is 4.79 Å². The van der Waals surface area contributed by atoms with E-state index in [4.69, 9.17) is 9.51 Å². The molecule has 4 aromatic heterocycles. The molecule has 0 N–H and O–H groups in total. The molecule has 8 heteroatoms. The molecule has 0 radical (unpaired) electrons. The number of hydrogen-bond acceptors (Lipinski definition) is 6. The number of aromatic nitrogens is 5. The molecule has 0 spiro atoms. The maximum atomic E-state index is 13.9. The summed E-state index contributed by atoms with van der Waals surface area (Å²) in [6, 6.07) is 17.7. The Hall–Kier alpha value is -4.07. The van der Waals surface area contributed by atoms with Crippen LogP contribution in [0.5, 0.6) is 0 Å². The molecule has 1 aliphatic carbocycles. The molecule has 1 saturated heterocycles. The van der Waals surface area contributed by atoms with Gasteiger partial charge >= 0.3 is 0 Å². The first-order valence-electron chi connectivity index (χ1n) is 12.2. The topological polar surface area (TPSA) is 89.4 Å². The predicted octanol–water partition coefficient (Wildman–Crippen LogP) is 4.83. The molecule has 1 aliphatic heterocycles. The van der Waals surface area contributed by atoms with Crippen molar-refractivity contribution in [2.24, 2.45) is 0 Å². The number of piperidine rings is 1. The molecule has 1 aromatic carbocycles. The van der Waals surface area contributed by atoms with Crippen LogP contribution in [0.4, 0.5) is 0 Å². The lowest BCUT2D eigenvalue weighted by Gasteiger charge is -2.31. The van der Waals surface area contributed by atoms with Gasteiger partial charge in [0.15, 0.2) is 5.65 Å². The number of rotatable bonds is 4. The molecule has 7 rings (SSSR count). The number of hydrogen-bond donors (Lipinski definition) is 0. The van der Waals surface area contributed by atoms with Gasteiger partial charge in [-0.2, -0.15) is 0 Å². The molecule has 2 aliphatic rings. The highest BCUT2D eigenvalue weighted by Gasteiger charge is 2.32. The quantitative estimate of drug-likeness (QED) is 0.378. The molecule has 2 fully saturated rings. The largest absolute Gasteiger partial charge is 0.339 e. The summed E-state index contributed by atoms with van der Waals surface area (Å²) in [5, 5.41) is 13.8. The molecule has 1 amide bonds. The van der Waals surface area contributed by atoms with Crippen LogP contribution in [0.25, 0.3) is 28.0 Å². The van der Waals surface area contributed by atoms with Crippen molar-refractivity contribution in [2.45, 2.75) is 37.5 Å². The summed E-state index contributed by atoms with van der Waals surface area (Å²) < 4.78 is 7.71. The van der Waals surface area contributed by atoms with Crippen LogP contribution >= 0.6 is 0 Å². The highest BCUT2D eigenvalue weighted by molar-refractivity contribution is 6.09. The fraction of sp³-hybridized carbons (Fsp3) is 0.296. The van der Waals surface area contributed by atoms with Crippen molar-refractivity contribution >= 4 is 22.7 Å². The number of benzene rings is 1. The minimum atomic E-state index is 0.0178. The second kappa shape index (κ2) is 8.01. The van der Waals surface area contributed by atoms with Gasteiger partial charge in [-0.3, -0.25) is 9.20 Å². The van der Waals surface area contributed by atoms with Gasteiger partial charge in [0, 0.05) is 42.4 Å². The van der Waals surface area contributed by atoms with Gasteiger partial charge in [0.05, 0.1) is 10.9 Å². The first-order valence-corrected chi connectivity index (χ1v) is 12.2. The van der Waals surface area contributed by atoms with E-state index in [-0.39, 0.29) is 11.8 Å². The Morgan fingerprint density at radius 2 is 1.71 bits per heavy atom. The number of carbonyl (C=O) groups is 1. The summed E-state index contributed by atoms with van der Waals surface area (Å²) in [5.41, 5.74) is 4.46. The zero-order valence-electron chi connectivity index (χ0n) is 19.2. The second-order valence-corrected chi connectivity index (χ2v) is 9.50. The van der Waals surface area contributed by atoms with E-state index in [1.165, 1.54) is 0 Å². The third kappa shape index (κ3) is 3.48. The molecule has 0 bridgehead atoms. The molecule has 174 valence electrons. The van der Waals surface area contributed by atoms with Gasteiger partial charge in [-0.25, -0.2) is 4.98 Å². The molecule has 1 saturated carbocycles. The van der Waals surface area contributed by atoms with Gasteiger partial charge in [-0.1, -0.05) is 41.6 Å². The molecule has 5 aromatic rings. The SMILES string of the molecule is O=C(c1cc(C2CC2)nc2onc(-c3ccccc3)c12)N1CCC(c2nnc3ccccn23)CC1. The monoisotopic (exact) mass is 464 g/mol. The molecule has 0 unspecified atom stereocenters. The van der Waals surface area contributed by atoms with E-state index < -0.39 is 0 Å². The van der Waals surface area contributed by atoms with Crippen LogP contribution in [-0.4, -0.2) is 48.6 Å². The summed E-state index contributed by atoms with van der Waals surface area (Å²) in [7, 11) is 0. The van der Waals surface area contributed by atoms with Gasteiger partial charge in [0.2, 0.25) is 0 Å². The number of carbonyl (C=O) groups excluding carboxylic acids is 1. The number of likely N-dealkylation sites (tertiary alicyclic amines) is 1. The molecule has 8 nitrogen and oxygen atoms in total. The third-order valence-electron chi connectivity index (χ3n) is 7.23. The van der Waals surface area contributed by atoms with Crippen LogP contribution in [0.2, 0.25) is 0 Å². The van der Waals surface area contributed by atoms with Crippen LogP contribution in [-0.2, 0) is 0 Å². The van der Waals surface area contributed by atoms with Crippen LogP contribution < -0.4 is 0 Å². The van der Waals surface area contributed by atoms with Crippen molar-refractivity contribution in [3.8, 4) is 11.3 Å². The van der Waals surface area contributed by atoms with Gasteiger partial charge in [-0.05, 0) is 43.9 Å². The van der Waals surface area contributed by atoms with E-state index in [1.54, 1.807) is 0 Å². The fourth-order valence-corrected chi connectivity index (χ4v) is 5.17. The highest BCUT2D eigenvalue weighted by atomic mass is 16.5. The molecule has 5 heterocycles.